The molecule has 0 radical (unpaired) electrons. The molecule has 0 N–H and O–H groups in total. The minimum atomic E-state index is -0.227. The van der Waals surface area contributed by atoms with E-state index in [-0.39, 0.29) is 11.7 Å². The van der Waals surface area contributed by atoms with Gasteiger partial charge in [0.15, 0.2) is 0 Å². The van der Waals surface area contributed by atoms with Gasteiger partial charge < -0.3 is 0 Å². The van der Waals surface area contributed by atoms with Gasteiger partial charge in [-0.25, -0.2) is 4.39 Å². The molecule has 3 heteroatoms. The molecule has 0 fully saturated rings. The Hall–Kier alpha value is -1.01. The zero-order valence-electron chi connectivity index (χ0n) is 7.33. The van der Waals surface area contributed by atoms with E-state index >= 15 is 0 Å². The fraction of sp³-hybridized carbons (Fsp3) is 0.300. The summed E-state index contributed by atoms with van der Waals surface area (Å²) in [4.78, 5) is 0.877. The molecule has 13 heavy (non-hydrogen) atoms. The zero-order valence-corrected chi connectivity index (χ0v) is 8.14. The van der Waals surface area contributed by atoms with Crippen LogP contribution in [0.3, 0.4) is 0 Å². The Labute approximate surface area is 81.6 Å². The van der Waals surface area contributed by atoms with E-state index in [9.17, 15) is 4.39 Å². The van der Waals surface area contributed by atoms with Crippen LogP contribution < -0.4 is 0 Å². The Morgan fingerprint density at radius 2 is 2.38 bits per heavy atom. The minimum absolute atomic E-state index is 0.00765. The first-order chi connectivity index (χ1) is 6.22. The van der Waals surface area contributed by atoms with Crippen molar-refractivity contribution in [3.8, 4) is 6.07 Å². The lowest BCUT2D eigenvalue weighted by Gasteiger charge is -2.01. The highest BCUT2D eigenvalue weighted by Crippen LogP contribution is 2.20. The van der Waals surface area contributed by atoms with Crippen LogP contribution in [0.15, 0.2) is 29.2 Å². The Morgan fingerprint density at radius 1 is 1.62 bits per heavy atom. The molecule has 1 atom stereocenters. The number of hydrogen-bond acceptors (Lipinski definition) is 2. The molecule has 0 aliphatic rings. The van der Waals surface area contributed by atoms with E-state index in [0.717, 1.165) is 4.90 Å². The van der Waals surface area contributed by atoms with Gasteiger partial charge >= 0.3 is 0 Å². The van der Waals surface area contributed by atoms with Crippen molar-refractivity contribution in [1.82, 2.24) is 0 Å². The molecule has 0 bridgehead atoms. The number of nitriles is 1. The van der Waals surface area contributed by atoms with E-state index in [4.69, 9.17) is 5.26 Å². The van der Waals surface area contributed by atoms with E-state index < -0.39 is 0 Å². The van der Waals surface area contributed by atoms with Crippen LogP contribution in [0.2, 0.25) is 0 Å². The van der Waals surface area contributed by atoms with Crippen LogP contribution in [0.25, 0.3) is 0 Å². The molecule has 0 amide bonds. The Kier molecular flexibility index (Phi) is 3.78. The molecular weight excluding hydrogens is 185 g/mol. The summed E-state index contributed by atoms with van der Waals surface area (Å²) in [5, 5.41) is 8.53. The van der Waals surface area contributed by atoms with Crippen LogP contribution in [0.4, 0.5) is 4.39 Å². The van der Waals surface area contributed by atoms with Crippen LogP contribution in [-0.4, -0.2) is 5.75 Å². The molecule has 68 valence electrons. The van der Waals surface area contributed by atoms with Crippen LogP contribution in [0.1, 0.15) is 6.92 Å². The second-order valence-corrected chi connectivity index (χ2v) is 3.89. The zero-order chi connectivity index (χ0) is 9.68. The largest absolute Gasteiger partial charge is 0.207 e. The number of benzene rings is 1. The first-order valence-electron chi connectivity index (χ1n) is 4.00. The van der Waals surface area contributed by atoms with E-state index in [2.05, 4.69) is 6.07 Å². The maximum absolute atomic E-state index is 12.7. The van der Waals surface area contributed by atoms with Crippen LogP contribution in [-0.2, 0) is 0 Å². The van der Waals surface area contributed by atoms with Gasteiger partial charge in [-0.05, 0) is 25.1 Å². The third-order valence-corrected chi connectivity index (χ3v) is 2.77. The monoisotopic (exact) mass is 195 g/mol. The highest BCUT2D eigenvalue weighted by molar-refractivity contribution is 7.99. The molecule has 0 heterocycles. The van der Waals surface area contributed by atoms with Crippen molar-refractivity contribution in [2.45, 2.75) is 11.8 Å². The fourth-order valence-electron chi connectivity index (χ4n) is 0.815. The average Bonchev–Trinajstić information content (AvgIpc) is 2.14. The van der Waals surface area contributed by atoms with Crippen LogP contribution in [0, 0.1) is 23.1 Å². The molecule has 0 saturated carbocycles. The first-order valence-corrected chi connectivity index (χ1v) is 4.99. The standard InChI is InChI=1S/C10H10FNS/c1-8(6-12)7-13-10-4-2-3-9(11)5-10/h2-5,8H,7H2,1H3. The third kappa shape index (κ3) is 3.47. The summed E-state index contributed by atoms with van der Waals surface area (Å²) < 4.78 is 12.7. The van der Waals surface area contributed by atoms with Crippen molar-refractivity contribution in [3.63, 3.8) is 0 Å². The van der Waals surface area contributed by atoms with Gasteiger partial charge in [-0.3, -0.25) is 0 Å². The highest BCUT2D eigenvalue weighted by Gasteiger charge is 2.01. The Morgan fingerprint density at radius 3 is 3.00 bits per heavy atom. The molecule has 1 aromatic carbocycles. The Bertz CT molecular complexity index is 319. The van der Waals surface area contributed by atoms with Crippen molar-refractivity contribution in [3.05, 3.63) is 30.1 Å². The number of thioether (sulfide) groups is 1. The summed E-state index contributed by atoms with van der Waals surface area (Å²) in [6.07, 6.45) is 0. The van der Waals surface area contributed by atoms with Gasteiger partial charge in [-0.15, -0.1) is 11.8 Å². The molecule has 0 aliphatic carbocycles. The summed E-state index contributed by atoms with van der Waals surface area (Å²) in [7, 11) is 0. The summed E-state index contributed by atoms with van der Waals surface area (Å²) >= 11 is 1.50. The van der Waals surface area contributed by atoms with Gasteiger partial charge in [0, 0.05) is 10.6 Å². The van der Waals surface area contributed by atoms with E-state index in [1.807, 2.05) is 13.0 Å². The predicted octanol–water partition coefficient (Wildman–Crippen LogP) is 3.08. The van der Waals surface area contributed by atoms with Crippen LogP contribution >= 0.6 is 11.8 Å². The second kappa shape index (κ2) is 4.88. The van der Waals surface area contributed by atoms with Crippen molar-refractivity contribution >= 4 is 11.8 Å². The van der Waals surface area contributed by atoms with Crippen molar-refractivity contribution in [1.29, 1.82) is 5.26 Å². The van der Waals surface area contributed by atoms with E-state index in [0.29, 0.717) is 5.75 Å². The normalized spacial score (nSPS) is 12.1. The molecule has 1 unspecified atom stereocenters. The molecule has 0 saturated heterocycles. The molecular formula is C10H10FNS. The molecule has 1 rings (SSSR count). The second-order valence-electron chi connectivity index (χ2n) is 2.80. The number of halogens is 1. The van der Waals surface area contributed by atoms with Crippen molar-refractivity contribution in [2.75, 3.05) is 5.75 Å². The topological polar surface area (TPSA) is 23.8 Å². The number of hydrogen-bond donors (Lipinski definition) is 0. The van der Waals surface area contributed by atoms with Crippen molar-refractivity contribution < 1.29 is 4.39 Å². The summed E-state index contributed by atoms with van der Waals surface area (Å²) in [5.41, 5.74) is 0. The van der Waals surface area contributed by atoms with E-state index in [1.165, 1.54) is 23.9 Å². The summed E-state index contributed by atoms with van der Waals surface area (Å²) in [6.45, 7) is 1.85. The van der Waals surface area contributed by atoms with Crippen LogP contribution in [0.5, 0.6) is 0 Å². The average molecular weight is 195 g/mol. The van der Waals surface area contributed by atoms with Crippen molar-refractivity contribution in [2.24, 2.45) is 5.92 Å². The van der Waals surface area contributed by atoms with Gasteiger partial charge in [0.1, 0.15) is 5.82 Å². The summed E-state index contributed by atoms with van der Waals surface area (Å²) in [5.74, 6) is 0.489. The van der Waals surface area contributed by atoms with Gasteiger partial charge in [-0.2, -0.15) is 5.26 Å². The van der Waals surface area contributed by atoms with Gasteiger partial charge in [0.05, 0.1) is 12.0 Å². The molecule has 0 spiro atoms. The highest BCUT2D eigenvalue weighted by atomic mass is 32.2. The molecule has 1 nitrogen and oxygen atoms in total. The number of rotatable bonds is 3. The third-order valence-electron chi connectivity index (χ3n) is 1.52. The Balaban J connectivity index is 2.51. The molecule has 1 aromatic rings. The first kappa shape index (κ1) is 10.1. The minimum Gasteiger partial charge on any atom is -0.207 e. The van der Waals surface area contributed by atoms with Gasteiger partial charge in [-0.1, -0.05) is 6.07 Å². The predicted molar refractivity (Wildman–Crippen MR) is 51.9 cm³/mol. The fourth-order valence-corrected chi connectivity index (χ4v) is 1.70. The van der Waals surface area contributed by atoms with Gasteiger partial charge in [0.25, 0.3) is 0 Å². The molecule has 0 aliphatic heterocycles. The number of nitrogens with zero attached hydrogens (tertiary/aromatic N) is 1. The van der Waals surface area contributed by atoms with E-state index in [1.54, 1.807) is 6.07 Å². The van der Waals surface area contributed by atoms with Gasteiger partial charge in [0.2, 0.25) is 0 Å². The quantitative estimate of drug-likeness (QED) is 0.692. The SMILES string of the molecule is CC(C#N)CSc1cccc(F)c1. The maximum atomic E-state index is 12.7. The smallest absolute Gasteiger partial charge is 0.124 e. The lowest BCUT2D eigenvalue weighted by Crippen LogP contribution is -1.92. The summed E-state index contributed by atoms with van der Waals surface area (Å²) in [6, 6.07) is 8.55. The lowest BCUT2D eigenvalue weighted by atomic mass is 10.3. The molecule has 0 aromatic heterocycles. The maximum Gasteiger partial charge on any atom is 0.124 e. The lowest BCUT2D eigenvalue weighted by molar-refractivity contribution is 0.624.